The highest BCUT2D eigenvalue weighted by Crippen LogP contribution is 2.09. The molecule has 92 valence electrons. The summed E-state index contributed by atoms with van der Waals surface area (Å²) in [5.74, 6) is 0.651. The van der Waals surface area contributed by atoms with E-state index in [0.29, 0.717) is 12.0 Å². The molecule has 0 saturated heterocycles. The summed E-state index contributed by atoms with van der Waals surface area (Å²) in [6, 6.07) is 0.419. The maximum atomic E-state index is 9.37. The van der Waals surface area contributed by atoms with E-state index in [0.717, 1.165) is 26.1 Å². The number of aliphatic hydroxyl groups is 1. The Balaban J connectivity index is 4.07. The molecule has 3 nitrogen and oxygen atoms in total. The van der Waals surface area contributed by atoms with Gasteiger partial charge < -0.3 is 9.84 Å². The number of rotatable bonds is 8. The maximum Gasteiger partial charge on any atom is 0.0589 e. The van der Waals surface area contributed by atoms with Crippen LogP contribution in [0, 0.1) is 5.92 Å². The Morgan fingerprint density at radius 1 is 1.20 bits per heavy atom. The van der Waals surface area contributed by atoms with E-state index in [1.54, 1.807) is 7.11 Å². The smallest absolute Gasteiger partial charge is 0.0589 e. The molecule has 0 aromatic rings. The van der Waals surface area contributed by atoms with Gasteiger partial charge in [0.15, 0.2) is 0 Å². The van der Waals surface area contributed by atoms with Gasteiger partial charge >= 0.3 is 0 Å². The van der Waals surface area contributed by atoms with Gasteiger partial charge in [-0.05, 0) is 26.2 Å². The summed E-state index contributed by atoms with van der Waals surface area (Å²) < 4.78 is 5.10. The lowest BCUT2D eigenvalue weighted by Gasteiger charge is -2.31. The second-order valence-electron chi connectivity index (χ2n) is 4.82. The molecule has 2 atom stereocenters. The van der Waals surface area contributed by atoms with Crippen LogP contribution in [-0.4, -0.2) is 49.0 Å². The third-order valence-electron chi connectivity index (χ3n) is 2.49. The molecule has 3 heteroatoms. The molecule has 15 heavy (non-hydrogen) atoms. The van der Waals surface area contributed by atoms with Crippen molar-refractivity contribution in [2.45, 2.75) is 46.3 Å². The third-order valence-corrected chi connectivity index (χ3v) is 2.49. The first-order valence-electron chi connectivity index (χ1n) is 5.88. The van der Waals surface area contributed by atoms with Crippen LogP contribution in [0.4, 0.5) is 0 Å². The zero-order valence-corrected chi connectivity index (χ0v) is 10.9. The van der Waals surface area contributed by atoms with E-state index in [9.17, 15) is 5.11 Å². The highest BCUT2D eigenvalue weighted by Gasteiger charge is 2.16. The quantitative estimate of drug-likeness (QED) is 0.672. The standard InChI is InChI=1S/C12H27NO2/c1-10(2)9-13(6-7-15-5)11(3)8-12(4)14/h10-12,14H,6-9H2,1-5H3. The zero-order valence-electron chi connectivity index (χ0n) is 10.9. The van der Waals surface area contributed by atoms with E-state index in [1.165, 1.54) is 0 Å². The van der Waals surface area contributed by atoms with Crippen molar-refractivity contribution in [3.05, 3.63) is 0 Å². The minimum atomic E-state index is -0.225. The number of aliphatic hydroxyl groups excluding tert-OH is 1. The van der Waals surface area contributed by atoms with Gasteiger partial charge in [-0.3, -0.25) is 4.90 Å². The van der Waals surface area contributed by atoms with Crippen LogP contribution >= 0.6 is 0 Å². The molecular weight excluding hydrogens is 190 g/mol. The van der Waals surface area contributed by atoms with E-state index >= 15 is 0 Å². The van der Waals surface area contributed by atoms with Crippen molar-refractivity contribution in [2.24, 2.45) is 5.92 Å². The van der Waals surface area contributed by atoms with Crippen LogP contribution in [0.3, 0.4) is 0 Å². The highest BCUT2D eigenvalue weighted by atomic mass is 16.5. The molecule has 0 aliphatic carbocycles. The zero-order chi connectivity index (χ0) is 11.8. The summed E-state index contributed by atoms with van der Waals surface area (Å²) in [6.07, 6.45) is 0.605. The Bertz CT molecular complexity index is 149. The van der Waals surface area contributed by atoms with Crippen molar-refractivity contribution in [2.75, 3.05) is 26.8 Å². The molecule has 0 rings (SSSR count). The van der Waals surface area contributed by atoms with Gasteiger partial charge in [-0.15, -0.1) is 0 Å². The molecule has 0 aromatic carbocycles. The van der Waals surface area contributed by atoms with Gasteiger partial charge in [-0.25, -0.2) is 0 Å². The highest BCUT2D eigenvalue weighted by molar-refractivity contribution is 4.70. The Morgan fingerprint density at radius 2 is 1.80 bits per heavy atom. The summed E-state index contributed by atoms with van der Waals surface area (Å²) in [6.45, 7) is 11.2. The van der Waals surface area contributed by atoms with Crippen LogP contribution in [0.2, 0.25) is 0 Å². The van der Waals surface area contributed by atoms with Crippen LogP contribution in [-0.2, 0) is 4.74 Å². The predicted molar refractivity (Wildman–Crippen MR) is 64.0 cm³/mol. The normalized spacial score (nSPS) is 16.0. The van der Waals surface area contributed by atoms with Crippen molar-refractivity contribution in [3.63, 3.8) is 0 Å². The average molecular weight is 217 g/mol. The topological polar surface area (TPSA) is 32.7 Å². The minimum Gasteiger partial charge on any atom is -0.393 e. The van der Waals surface area contributed by atoms with E-state index in [-0.39, 0.29) is 6.10 Å². The fourth-order valence-electron chi connectivity index (χ4n) is 1.81. The predicted octanol–water partition coefficient (Wildman–Crippen LogP) is 1.75. The second kappa shape index (κ2) is 8.08. The summed E-state index contributed by atoms with van der Waals surface area (Å²) in [4.78, 5) is 2.39. The minimum absolute atomic E-state index is 0.225. The van der Waals surface area contributed by atoms with Crippen LogP contribution in [0.1, 0.15) is 34.1 Å². The SMILES string of the molecule is COCCN(CC(C)C)C(C)CC(C)O. The first-order chi connectivity index (χ1) is 6.97. The van der Waals surface area contributed by atoms with Crippen LogP contribution in [0.15, 0.2) is 0 Å². The molecule has 0 bridgehead atoms. The van der Waals surface area contributed by atoms with E-state index in [1.807, 2.05) is 6.92 Å². The van der Waals surface area contributed by atoms with Gasteiger partial charge in [0.2, 0.25) is 0 Å². The molecule has 0 radical (unpaired) electrons. The Hall–Kier alpha value is -0.120. The lowest BCUT2D eigenvalue weighted by atomic mass is 10.1. The fraction of sp³-hybridized carbons (Fsp3) is 1.00. The second-order valence-corrected chi connectivity index (χ2v) is 4.82. The van der Waals surface area contributed by atoms with Crippen molar-refractivity contribution in [1.82, 2.24) is 4.90 Å². The Kier molecular flexibility index (Phi) is 8.02. The van der Waals surface area contributed by atoms with Crippen LogP contribution in [0.5, 0.6) is 0 Å². The molecule has 0 fully saturated rings. The summed E-state index contributed by atoms with van der Waals surface area (Å²) >= 11 is 0. The van der Waals surface area contributed by atoms with Gasteiger partial charge in [0, 0.05) is 26.2 Å². The van der Waals surface area contributed by atoms with Crippen molar-refractivity contribution >= 4 is 0 Å². The first-order valence-corrected chi connectivity index (χ1v) is 5.88. The number of ether oxygens (including phenoxy) is 1. The van der Waals surface area contributed by atoms with Crippen molar-refractivity contribution in [1.29, 1.82) is 0 Å². The van der Waals surface area contributed by atoms with Gasteiger partial charge in [0.05, 0.1) is 12.7 Å². The molecule has 1 N–H and O–H groups in total. The lowest BCUT2D eigenvalue weighted by Crippen LogP contribution is -2.39. The molecule has 0 amide bonds. The Labute approximate surface area is 94.4 Å². The van der Waals surface area contributed by atoms with Gasteiger partial charge in [0.1, 0.15) is 0 Å². The largest absolute Gasteiger partial charge is 0.393 e. The molecule has 2 unspecified atom stereocenters. The van der Waals surface area contributed by atoms with E-state index in [2.05, 4.69) is 25.7 Å². The molecule has 0 heterocycles. The van der Waals surface area contributed by atoms with Crippen molar-refractivity contribution in [3.8, 4) is 0 Å². The van der Waals surface area contributed by atoms with Crippen molar-refractivity contribution < 1.29 is 9.84 Å². The van der Waals surface area contributed by atoms with Gasteiger partial charge in [-0.2, -0.15) is 0 Å². The van der Waals surface area contributed by atoms with E-state index in [4.69, 9.17) is 4.74 Å². The summed E-state index contributed by atoms with van der Waals surface area (Å²) in [5, 5.41) is 9.37. The monoisotopic (exact) mass is 217 g/mol. The summed E-state index contributed by atoms with van der Waals surface area (Å²) in [5.41, 5.74) is 0. The lowest BCUT2D eigenvalue weighted by molar-refractivity contribution is 0.0839. The van der Waals surface area contributed by atoms with E-state index < -0.39 is 0 Å². The average Bonchev–Trinajstić information content (AvgIpc) is 2.10. The third kappa shape index (κ3) is 7.77. The molecule has 0 aliphatic heterocycles. The fourth-order valence-corrected chi connectivity index (χ4v) is 1.81. The molecule has 0 aromatic heterocycles. The number of hydrogen-bond donors (Lipinski definition) is 1. The van der Waals surface area contributed by atoms with Crippen LogP contribution < -0.4 is 0 Å². The molecule has 0 aliphatic rings. The van der Waals surface area contributed by atoms with Gasteiger partial charge in [0.25, 0.3) is 0 Å². The molecule has 0 saturated carbocycles. The summed E-state index contributed by atoms with van der Waals surface area (Å²) in [7, 11) is 1.73. The Morgan fingerprint density at radius 3 is 2.20 bits per heavy atom. The maximum absolute atomic E-state index is 9.37. The van der Waals surface area contributed by atoms with Gasteiger partial charge in [-0.1, -0.05) is 13.8 Å². The van der Waals surface area contributed by atoms with Crippen LogP contribution in [0.25, 0.3) is 0 Å². The molecule has 0 spiro atoms. The molecular formula is C12H27NO2. The first kappa shape index (κ1) is 14.9. The number of hydrogen-bond acceptors (Lipinski definition) is 3. The number of methoxy groups -OCH3 is 1. The number of nitrogens with zero attached hydrogens (tertiary/aromatic N) is 1.